The fourth-order valence-corrected chi connectivity index (χ4v) is 3.18. The third-order valence-corrected chi connectivity index (χ3v) is 5.83. The predicted octanol–water partition coefficient (Wildman–Crippen LogP) is 5.21. The number of rotatable bonds is 5. The Balaban J connectivity index is 2.72. The lowest BCUT2D eigenvalue weighted by atomic mass is 9.74. The van der Waals surface area contributed by atoms with E-state index in [1.807, 2.05) is 6.92 Å². The predicted molar refractivity (Wildman–Crippen MR) is 84.5 cm³/mol. The second-order valence-corrected chi connectivity index (χ2v) is 7.88. The maximum absolute atomic E-state index is 12.6. The van der Waals surface area contributed by atoms with E-state index < -0.39 is 0 Å². The van der Waals surface area contributed by atoms with Gasteiger partial charge in [-0.15, -0.1) is 0 Å². The zero-order valence-corrected chi connectivity index (χ0v) is 14.6. The van der Waals surface area contributed by atoms with Crippen molar-refractivity contribution in [2.45, 2.75) is 86.2 Å². The lowest BCUT2D eigenvalue weighted by Gasteiger charge is -2.41. The van der Waals surface area contributed by atoms with Crippen LogP contribution in [0.1, 0.15) is 80.6 Å². The molecule has 0 aromatic heterocycles. The standard InChI is InChI=1S/C18H34O2/c1-8-18(7,13(2)3)16(19)20-17(5,6)15-11-9-14(4)10-12-15/h13-15H,8-12H2,1-7H3. The summed E-state index contributed by atoms with van der Waals surface area (Å²) in [6, 6.07) is 0. The van der Waals surface area contributed by atoms with Crippen LogP contribution in [-0.2, 0) is 9.53 Å². The van der Waals surface area contributed by atoms with Crippen LogP contribution in [0.2, 0.25) is 0 Å². The molecule has 1 unspecified atom stereocenters. The lowest BCUT2D eigenvalue weighted by Crippen LogP contribution is -2.44. The molecule has 0 heterocycles. The molecule has 1 saturated carbocycles. The normalized spacial score (nSPS) is 27.2. The fourth-order valence-electron chi connectivity index (χ4n) is 3.18. The summed E-state index contributed by atoms with van der Waals surface area (Å²) in [5.41, 5.74) is -0.693. The summed E-state index contributed by atoms with van der Waals surface area (Å²) in [4.78, 5) is 12.6. The Morgan fingerprint density at radius 2 is 1.65 bits per heavy atom. The molecule has 1 aliphatic carbocycles. The molecule has 0 aromatic carbocycles. The summed E-state index contributed by atoms with van der Waals surface area (Å²) < 4.78 is 5.99. The molecule has 0 aliphatic heterocycles. The van der Waals surface area contributed by atoms with Gasteiger partial charge < -0.3 is 4.74 Å². The topological polar surface area (TPSA) is 26.3 Å². The first-order valence-corrected chi connectivity index (χ1v) is 8.37. The number of carbonyl (C=O) groups is 1. The van der Waals surface area contributed by atoms with Gasteiger partial charge in [-0.2, -0.15) is 0 Å². The van der Waals surface area contributed by atoms with Crippen LogP contribution in [0.3, 0.4) is 0 Å². The van der Waals surface area contributed by atoms with Gasteiger partial charge in [-0.3, -0.25) is 4.79 Å². The molecule has 0 amide bonds. The van der Waals surface area contributed by atoms with Crippen molar-refractivity contribution in [3.05, 3.63) is 0 Å². The van der Waals surface area contributed by atoms with Crippen molar-refractivity contribution in [2.75, 3.05) is 0 Å². The monoisotopic (exact) mass is 282 g/mol. The van der Waals surface area contributed by atoms with Crippen LogP contribution in [0.5, 0.6) is 0 Å². The summed E-state index contributed by atoms with van der Waals surface area (Å²) in [6.45, 7) is 14.9. The first kappa shape index (κ1) is 17.5. The fraction of sp³-hybridized carbons (Fsp3) is 0.944. The third-order valence-electron chi connectivity index (χ3n) is 5.83. The van der Waals surface area contributed by atoms with Gasteiger partial charge in [0.2, 0.25) is 0 Å². The van der Waals surface area contributed by atoms with Gasteiger partial charge in [0.15, 0.2) is 0 Å². The Kier molecular flexibility index (Phi) is 5.69. The molecule has 2 heteroatoms. The molecule has 20 heavy (non-hydrogen) atoms. The Labute approximate surface area is 125 Å². The summed E-state index contributed by atoms with van der Waals surface area (Å²) >= 11 is 0. The van der Waals surface area contributed by atoms with Crippen molar-refractivity contribution >= 4 is 5.97 Å². The quantitative estimate of drug-likeness (QED) is 0.647. The Morgan fingerprint density at radius 3 is 2.05 bits per heavy atom. The van der Waals surface area contributed by atoms with Crippen LogP contribution in [0, 0.1) is 23.2 Å². The second-order valence-electron chi connectivity index (χ2n) is 7.88. The largest absolute Gasteiger partial charge is 0.459 e. The Hall–Kier alpha value is -0.530. The molecule has 1 fully saturated rings. The second kappa shape index (κ2) is 6.49. The van der Waals surface area contributed by atoms with E-state index in [0.29, 0.717) is 11.8 Å². The number of ether oxygens (including phenoxy) is 1. The molecule has 0 saturated heterocycles. The smallest absolute Gasteiger partial charge is 0.312 e. The van der Waals surface area contributed by atoms with E-state index >= 15 is 0 Å². The minimum Gasteiger partial charge on any atom is -0.459 e. The van der Waals surface area contributed by atoms with E-state index in [-0.39, 0.29) is 17.0 Å². The zero-order valence-electron chi connectivity index (χ0n) is 14.6. The van der Waals surface area contributed by atoms with Gasteiger partial charge in [0, 0.05) is 0 Å². The van der Waals surface area contributed by atoms with E-state index in [1.54, 1.807) is 0 Å². The van der Waals surface area contributed by atoms with Crippen molar-refractivity contribution in [3.8, 4) is 0 Å². The van der Waals surface area contributed by atoms with Crippen LogP contribution >= 0.6 is 0 Å². The minimum atomic E-state index is -0.362. The average molecular weight is 282 g/mol. The van der Waals surface area contributed by atoms with Gasteiger partial charge in [-0.1, -0.05) is 40.5 Å². The molecule has 0 bridgehead atoms. The number of esters is 1. The van der Waals surface area contributed by atoms with Gasteiger partial charge in [-0.05, 0) is 57.8 Å². The Morgan fingerprint density at radius 1 is 1.15 bits per heavy atom. The van der Waals surface area contributed by atoms with Crippen LogP contribution in [0.4, 0.5) is 0 Å². The van der Waals surface area contributed by atoms with Crippen molar-refractivity contribution in [2.24, 2.45) is 23.2 Å². The highest BCUT2D eigenvalue weighted by Gasteiger charge is 2.42. The molecule has 0 aromatic rings. The van der Waals surface area contributed by atoms with Crippen molar-refractivity contribution < 1.29 is 9.53 Å². The molecular weight excluding hydrogens is 248 g/mol. The molecule has 0 radical (unpaired) electrons. The van der Waals surface area contributed by atoms with E-state index in [0.717, 1.165) is 12.3 Å². The molecule has 118 valence electrons. The lowest BCUT2D eigenvalue weighted by molar-refractivity contribution is -0.178. The number of carbonyl (C=O) groups excluding carboxylic acids is 1. The van der Waals surface area contributed by atoms with Crippen LogP contribution in [-0.4, -0.2) is 11.6 Å². The maximum Gasteiger partial charge on any atom is 0.312 e. The average Bonchev–Trinajstić information content (AvgIpc) is 2.37. The number of hydrogen-bond acceptors (Lipinski definition) is 2. The first-order valence-electron chi connectivity index (χ1n) is 8.37. The van der Waals surface area contributed by atoms with Gasteiger partial charge in [0.05, 0.1) is 5.41 Å². The van der Waals surface area contributed by atoms with Crippen LogP contribution < -0.4 is 0 Å². The molecule has 0 spiro atoms. The summed E-state index contributed by atoms with van der Waals surface area (Å²) in [5, 5.41) is 0. The third kappa shape index (κ3) is 3.77. The highest BCUT2D eigenvalue weighted by Crippen LogP contribution is 2.40. The zero-order chi connectivity index (χ0) is 15.6. The molecular formula is C18H34O2. The van der Waals surface area contributed by atoms with Crippen LogP contribution in [0.25, 0.3) is 0 Å². The Bertz CT molecular complexity index is 324. The van der Waals surface area contributed by atoms with Crippen molar-refractivity contribution in [1.29, 1.82) is 0 Å². The molecule has 1 atom stereocenters. The van der Waals surface area contributed by atoms with Crippen molar-refractivity contribution in [1.82, 2.24) is 0 Å². The number of hydrogen-bond donors (Lipinski definition) is 0. The van der Waals surface area contributed by atoms with Crippen LogP contribution in [0.15, 0.2) is 0 Å². The van der Waals surface area contributed by atoms with Gasteiger partial charge in [-0.25, -0.2) is 0 Å². The van der Waals surface area contributed by atoms with E-state index in [2.05, 4.69) is 41.5 Å². The van der Waals surface area contributed by atoms with Gasteiger partial charge in [0.25, 0.3) is 0 Å². The summed E-state index contributed by atoms with van der Waals surface area (Å²) in [7, 11) is 0. The minimum absolute atomic E-state index is 0.0152. The van der Waals surface area contributed by atoms with Crippen molar-refractivity contribution in [3.63, 3.8) is 0 Å². The molecule has 0 N–H and O–H groups in total. The summed E-state index contributed by atoms with van der Waals surface area (Å²) in [6.07, 6.45) is 5.74. The maximum atomic E-state index is 12.6. The van der Waals surface area contributed by atoms with E-state index in [9.17, 15) is 4.79 Å². The van der Waals surface area contributed by atoms with E-state index in [1.165, 1.54) is 25.7 Å². The van der Waals surface area contributed by atoms with Gasteiger partial charge >= 0.3 is 5.97 Å². The highest BCUT2D eigenvalue weighted by atomic mass is 16.6. The molecule has 1 aliphatic rings. The molecule has 2 nitrogen and oxygen atoms in total. The van der Waals surface area contributed by atoms with Gasteiger partial charge in [0.1, 0.15) is 5.60 Å². The molecule has 1 rings (SSSR count). The SMILES string of the molecule is CCC(C)(C(=O)OC(C)(C)C1CCC(C)CC1)C(C)C. The first-order chi connectivity index (χ1) is 9.13. The van der Waals surface area contributed by atoms with E-state index in [4.69, 9.17) is 4.74 Å². The summed E-state index contributed by atoms with van der Waals surface area (Å²) in [5.74, 6) is 1.63. The highest BCUT2D eigenvalue weighted by molar-refractivity contribution is 5.77.